The Kier molecular flexibility index (Phi) is 5.98. The standard InChI is InChI=1S/C23H26N8O2S/c1-30-15-25-13-19(30)14-31-11-9-17(10-12-31)16-5-7-18(8-6-16)20-3-2-4-21(34(24,32)33)22(20)23-26-28-29-27-23/h2-8,13,15,17H,9-12,14H2,1H3,(H2,24,32,33)(H,26,27,28,29). The van der Waals surface area contributed by atoms with Crippen LogP contribution >= 0.6 is 0 Å². The Morgan fingerprint density at radius 3 is 2.50 bits per heavy atom. The minimum atomic E-state index is -3.97. The number of tetrazole rings is 1. The molecule has 4 aromatic rings. The average Bonchev–Trinajstić information content (AvgIpc) is 3.51. The number of aromatic amines is 1. The summed E-state index contributed by atoms with van der Waals surface area (Å²) in [6.45, 7) is 2.99. The molecule has 0 spiro atoms. The second-order valence-electron chi connectivity index (χ2n) is 8.63. The first-order valence-corrected chi connectivity index (χ1v) is 12.6. The minimum absolute atomic E-state index is 0.0312. The number of hydrogen-bond donors (Lipinski definition) is 2. The third-order valence-electron chi connectivity index (χ3n) is 6.48. The van der Waals surface area contributed by atoms with Gasteiger partial charge in [0.15, 0.2) is 0 Å². The van der Waals surface area contributed by atoms with E-state index in [-0.39, 0.29) is 10.7 Å². The fourth-order valence-corrected chi connectivity index (χ4v) is 5.39. The van der Waals surface area contributed by atoms with E-state index < -0.39 is 10.0 Å². The lowest BCUT2D eigenvalue weighted by atomic mass is 9.88. The molecule has 34 heavy (non-hydrogen) atoms. The highest BCUT2D eigenvalue weighted by atomic mass is 32.2. The highest BCUT2D eigenvalue weighted by molar-refractivity contribution is 7.89. The molecule has 0 unspecified atom stereocenters. The van der Waals surface area contributed by atoms with Crippen molar-refractivity contribution < 1.29 is 8.42 Å². The van der Waals surface area contributed by atoms with Crippen LogP contribution in [0.2, 0.25) is 0 Å². The number of piperidine rings is 1. The summed E-state index contributed by atoms with van der Waals surface area (Å²) in [5.74, 6) is 0.675. The molecule has 11 heteroatoms. The number of imidazole rings is 1. The van der Waals surface area contributed by atoms with Crippen molar-refractivity contribution in [2.45, 2.75) is 30.2 Å². The smallest absolute Gasteiger partial charge is 0.238 e. The van der Waals surface area contributed by atoms with E-state index >= 15 is 0 Å². The van der Waals surface area contributed by atoms with Crippen molar-refractivity contribution in [2.24, 2.45) is 12.2 Å². The van der Waals surface area contributed by atoms with E-state index in [9.17, 15) is 8.42 Å². The molecule has 0 atom stereocenters. The van der Waals surface area contributed by atoms with E-state index in [4.69, 9.17) is 5.14 Å². The van der Waals surface area contributed by atoms with Crippen molar-refractivity contribution >= 4 is 10.0 Å². The molecule has 0 saturated carbocycles. The maximum Gasteiger partial charge on any atom is 0.238 e. The number of likely N-dealkylation sites (tertiary alicyclic amines) is 1. The summed E-state index contributed by atoms with van der Waals surface area (Å²) in [7, 11) is -1.95. The number of primary sulfonamides is 1. The van der Waals surface area contributed by atoms with E-state index in [1.54, 1.807) is 6.07 Å². The molecule has 3 N–H and O–H groups in total. The highest BCUT2D eigenvalue weighted by Gasteiger charge is 2.24. The highest BCUT2D eigenvalue weighted by Crippen LogP contribution is 2.36. The van der Waals surface area contributed by atoms with Crippen LogP contribution in [0.25, 0.3) is 22.5 Å². The van der Waals surface area contributed by atoms with Crippen molar-refractivity contribution in [3.8, 4) is 22.5 Å². The molecule has 0 aliphatic carbocycles. The lowest BCUT2D eigenvalue weighted by Crippen LogP contribution is -2.33. The van der Waals surface area contributed by atoms with Crippen LogP contribution in [-0.2, 0) is 23.6 Å². The number of hydrogen-bond acceptors (Lipinski definition) is 7. The van der Waals surface area contributed by atoms with Crippen LogP contribution in [0.1, 0.15) is 30.0 Å². The molecule has 3 heterocycles. The van der Waals surface area contributed by atoms with Gasteiger partial charge in [0.05, 0.1) is 22.5 Å². The molecule has 0 bridgehead atoms. The first kappa shape index (κ1) is 22.4. The zero-order valence-electron chi connectivity index (χ0n) is 18.8. The molecule has 1 saturated heterocycles. The SMILES string of the molecule is Cn1cncc1CN1CCC(c2ccc(-c3cccc(S(N)(=O)=O)c3-c3nn[nH]n3)cc2)CC1. The van der Waals surface area contributed by atoms with Gasteiger partial charge in [0, 0.05) is 19.8 Å². The fraction of sp³-hybridized carbons (Fsp3) is 0.304. The minimum Gasteiger partial charge on any atom is -0.337 e. The van der Waals surface area contributed by atoms with Crippen molar-refractivity contribution in [1.82, 2.24) is 35.1 Å². The summed E-state index contributed by atoms with van der Waals surface area (Å²) >= 11 is 0. The Morgan fingerprint density at radius 2 is 1.88 bits per heavy atom. The number of nitrogens with zero attached hydrogens (tertiary/aromatic N) is 6. The third-order valence-corrected chi connectivity index (χ3v) is 7.44. The summed E-state index contributed by atoms with van der Waals surface area (Å²) in [5, 5.41) is 19.4. The van der Waals surface area contributed by atoms with Gasteiger partial charge in [0.25, 0.3) is 0 Å². The molecule has 1 aliphatic heterocycles. The van der Waals surface area contributed by atoms with E-state index in [0.717, 1.165) is 38.0 Å². The number of nitrogens with one attached hydrogen (secondary N) is 1. The van der Waals surface area contributed by atoms with E-state index in [1.807, 2.05) is 37.8 Å². The van der Waals surface area contributed by atoms with Crippen LogP contribution in [-0.4, -0.2) is 56.6 Å². The third kappa shape index (κ3) is 4.49. The zero-order valence-corrected chi connectivity index (χ0v) is 19.6. The molecule has 1 aliphatic rings. The first-order valence-electron chi connectivity index (χ1n) is 11.1. The Bertz CT molecular complexity index is 1370. The lowest BCUT2D eigenvalue weighted by molar-refractivity contribution is 0.201. The van der Waals surface area contributed by atoms with Crippen LogP contribution in [0.15, 0.2) is 59.9 Å². The van der Waals surface area contributed by atoms with E-state index in [1.165, 1.54) is 17.3 Å². The molecule has 176 valence electrons. The van der Waals surface area contributed by atoms with Gasteiger partial charge in [-0.1, -0.05) is 36.4 Å². The summed E-state index contributed by atoms with van der Waals surface area (Å²) in [6, 6.07) is 13.3. The monoisotopic (exact) mass is 478 g/mol. The molecule has 2 aromatic carbocycles. The number of sulfonamides is 1. The van der Waals surface area contributed by atoms with E-state index in [0.29, 0.717) is 17.0 Å². The van der Waals surface area contributed by atoms with Gasteiger partial charge in [-0.3, -0.25) is 4.90 Å². The second kappa shape index (κ2) is 9.09. The van der Waals surface area contributed by atoms with Gasteiger partial charge in [-0.25, -0.2) is 18.5 Å². The van der Waals surface area contributed by atoms with Crippen LogP contribution in [0, 0.1) is 0 Å². The number of aromatic nitrogens is 6. The molecule has 2 aromatic heterocycles. The largest absolute Gasteiger partial charge is 0.337 e. The Hall–Kier alpha value is -3.41. The van der Waals surface area contributed by atoms with Gasteiger partial charge in [0.1, 0.15) is 0 Å². The lowest BCUT2D eigenvalue weighted by Gasteiger charge is -2.32. The van der Waals surface area contributed by atoms with Crippen molar-refractivity contribution in [2.75, 3.05) is 13.1 Å². The quantitative estimate of drug-likeness (QED) is 0.434. The van der Waals surface area contributed by atoms with Crippen LogP contribution < -0.4 is 5.14 Å². The number of H-pyrrole nitrogens is 1. The van der Waals surface area contributed by atoms with Gasteiger partial charge >= 0.3 is 0 Å². The fourth-order valence-electron chi connectivity index (χ4n) is 4.63. The second-order valence-corrected chi connectivity index (χ2v) is 10.2. The van der Waals surface area contributed by atoms with E-state index in [2.05, 4.69) is 47.2 Å². The molecule has 0 amide bonds. The Morgan fingerprint density at radius 1 is 1.12 bits per heavy atom. The first-order chi connectivity index (χ1) is 16.4. The number of aryl methyl sites for hydroxylation is 1. The molecule has 0 radical (unpaired) electrons. The van der Waals surface area contributed by atoms with Crippen LogP contribution in [0.3, 0.4) is 0 Å². The van der Waals surface area contributed by atoms with Gasteiger partial charge in [-0.15, -0.1) is 10.2 Å². The molecule has 5 rings (SSSR count). The predicted octanol–water partition coefficient (Wildman–Crippen LogP) is 2.29. The van der Waals surface area contributed by atoms with Crippen LogP contribution in [0.4, 0.5) is 0 Å². The van der Waals surface area contributed by atoms with Gasteiger partial charge < -0.3 is 4.57 Å². The van der Waals surface area contributed by atoms with Gasteiger partial charge in [0.2, 0.25) is 15.8 Å². The van der Waals surface area contributed by atoms with Crippen molar-refractivity contribution in [3.05, 3.63) is 66.2 Å². The maximum absolute atomic E-state index is 12.2. The molecular formula is C23H26N8O2S. The number of rotatable bonds is 6. The zero-order chi connectivity index (χ0) is 23.7. The summed E-state index contributed by atoms with van der Waals surface area (Å²) in [5.41, 5.74) is 4.40. The number of benzene rings is 2. The Labute approximate surface area is 197 Å². The van der Waals surface area contributed by atoms with Crippen molar-refractivity contribution in [1.29, 1.82) is 0 Å². The summed E-state index contributed by atoms with van der Waals surface area (Å²) in [6.07, 6.45) is 5.95. The maximum atomic E-state index is 12.2. The van der Waals surface area contributed by atoms with Crippen LogP contribution in [0.5, 0.6) is 0 Å². The summed E-state index contributed by atoms with van der Waals surface area (Å²) < 4.78 is 26.5. The topological polar surface area (TPSA) is 136 Å². The molecular weight excluding hydrogens is 452 g/mol. The normalized spacial score (nSPS) is 15.6. The van der Waals surface area contributed by atoms with Gasteiger partial charge in [-0.05, 0) is 59.8 Å². The average molecular weight is 479 g/mol. The predicted molar refractivity (Wildman–Crippen MR) is 127 cm³/mol. The van der Waals surface area contributed by atoms with Gasteiger partial charge in [-0.2, -0.15) is 5.21 Å². The van der Waals surface area contributed by atoms with Crippen molar-refractivity contribution in [3.63, 3.8) is 0 Å². The molecule has 1 fully saturated rings. The molecule has 10 nitrogen and oxygen atoms in total. The summed E-state index contributed by atoms with van der Waals surface area (Å²) in [4.78, 5) is 6.65. The Balaban J connectivity index is 1.36. The number of nitrogens with two attached hydrogens (primary N) is 1.